The highest BCUT2D eigenvalue weighted by Gasteiger charge is 2.61. The Kier molecular flexibility index (Phi) is 15.9. The fourth-order valence-electron chi connectivity index (χ4n) is 13.4. The fourth-order valence-corrected chi connectivity index (χ4v) is 13.9. The van der Waals surface area contributed by atoms with Gasteiger partial charge in [-0.2, -0.15) is 4.57 Å². The minimum Gasteiger partial charge on any atom is -0.748 e. The van der Waals surface area contributed by atoms with Crippen LogP contribution in [0.15, 0.2) is 72.3 Å². The van der Waals surface area contributed by atoms with Crippen LogP contribution in [-0.4, -0.2) is 91.9 Å². The number of hydrogen-bond donors (Lipinski definition) is 1. The summed E-state index contributed by atoms with van der Waals surface area (Å²) in [7, 11) is -2.39. The molecule has 1 amide bonds. The summed E-state index contributed by atoms with van der Waals surface area (Å²) < 4.78 is 49.9. The molecular formula is C58H74N3O10S+. The first-order chi connectivity index (χ1) is 34.2. The molecule has 0 saturated heterocycles. The second-order valence-corrected chi connectivity index (χ2v) is 23.7. The van der Waals surface area contributed by atoms with Gasteiger partial charge in [0.15, 0.2) is 5.78 Å². The minimum absolute atomic E-state index is 0.0707. The number of unbranched alkanes of at least 4 members (excludes halogenated alkanes) is 2. The van der Waals surface area contributed by atoms with Crippen molar-refractivity contribution in [2.24, 2.45) is 28.6 Å². The van der Waals surface area contributed by atoms with Gasteiger partial charge in [-0.3, -0.25) is 19.2 Å². The van der Waals surface area contributed by atoms with Crippen LogP contribution < -0.4 is 14.6 Å². The second-order valence-electron chi connectivity index (χ2n) is 22.2. The number of quaternary nitrogens is 1. The van der Waals surface area contributed by atoms with Gasteiger partial charge in [0.2, 0.25) is 11.0 Å². The number of ether oxygens (including phenoxy) is 2. The number of carbonyl (C=O) groups excluding carboxylic acids is 5. The van der Waals surface area contributed by atoms with Crippen molar-refractivity contribution < 1.29 is 55.5 Å². The predicted octanol–water partition coefficient (Wildman–Crippen LogP) is 9.21. The van der Waals surface area contributed by atoms with Gasteiger partial charge in [-0.25, -0.2) is 13.2 Å². The number of esters is 2. The van der Waals surface area contributed by atoms with Gasteiger partial charge in [-0.1, -0.05) is 51.5 Å². The Morgan fingerprint density at radius 2 is 1.47 bits per heavy atom. The Morgan fingerprint density at radius 3 is 2.14 bits per heavy atom. The summed E-state index contributed by atoms with van der Waals surface area (Å²) >= 11 is 0. The number of fused-ring (bicyclic) bond motifs is 7. The van der Waals surface area contributed by atoms with E-state index in [-0.39, 0.29) is 53.2 Å². The number of carbonyl (C=O) groups is 5. The molecule has 7 atom stereocenters. The summed E-state index contributed by atoms with van der Waals surface area (Å²) in [6, 6.07) is 19.2. The highest BCUT2D eigenvalue weighted by molar-refractivity contribution is 7.85. The summed E-state index contributed by atoms with van der Waals surface area (Å²) in [4.78, 5) is 67.3. The molecule has 1 heterocycles. The largest absolute Gasteiger partial charge is 0.748 e. The van der Waals surface area contributed by atoms with Crippen molar-refractivity contribution in [1.29, 1.82) is 0 Å². The molecule has 4 aliphatic rings. The summed E-state index contributed by atoms with van der Waals surface area (Å²) in [5.74, 6) is 0.136. The smallest absolute Gasteiger partial charge is 0.345 e. The van der Waals surface area contributed by atoms with Gasteiger partial charge in [-0.05, 0) is 129 Å². The molecule has 8 rings (SSSR count). The zero-order chi connectivity index (χ0) is 51.6. The monoisotopic (exact) mass is 1000 g/mol. The summed E-state index contributed by atoms with van der Waals surface area (Å²) in [6.07, 6.45) is 10.5. The maximum Gasteiger partial charge on any atom is 0.345 e. The van der Waals surface area contributed by atoms with Gasteiger partial charge in [-0.15, -0.1) is 0 Å². The molecule has 3 saturated carbocycles. The first-order valence-corrected chi connectivity index (χ1v) is 28.0. The number of para-hydroxylation sites is 2. The maximum absolute atomic E-state index is 14.2. The second kappa shape index (κ2) is 21.6. The van der Waals surface area contributed by atoms with Gasteiger partial charge in [0.1, 0.15) is 24.2 Å². The SMILES string of the molecule is CCCC[n+]1c2ccccc2c(C(=O)Oc2c(C)cc(C(=O)NCCC[N+](C)(CCCCC(=O)O[C@@H]3CC4C(CC[C@]5(C)C(=O)CCC45)[C@@]4(C)CCC(=O)C=C34)CCCS(=O)(=O)[O-])cc2C)c2ccccc21. The van der Waals surface area contributed by atoms with Gasteiger partial charge in [0, 0.05) is 73.9 Å². The van der Waals surface area contributed by atoms with Crippen LogP contribution in [0.25, 0.3) is 21.8 Å². The van der Waals surface area contributed by atoms with Crippen LogP contribution in [0.1, 0.15) is 143 Å². The molecule has 4 unspecified atom stereocenters. The predicted molar refractivity (Wildman–Crippen MR) is 275 cm³/mol. The molecule has 1 aromatic heterocycles. The van der Waals surface area contributed by atoms with Gasteiger partial charge >= 0.3 is 11.9 Å². The normalized spacial score (nSPS) is 24.7. The van der Waals surface area contributed by atoms with Crippen molar-refractivity contribution >= 4 is 61.3 Å². The molecule has 3 fully saturated rings. The lowest BCUT2D eigenvalue weighted by atomic mass is 9.47. The van der Waals surface area contributed by atoms with Crippen LogP contribution >= 0.6 is 0 Å². The molecule has 72 heavy (non-hydrogen) atoms. The summed E-state index contributed by atoms with van der Waals surface area (Å²) in [5, 5.41) is 4.64. The molecule has 4 aromatic rings. The Hall–Kier alpha value is -5.31. The number of nitrogens with zero attached hydrogens (tertiary/aromatic N) is 2. The first-order valence-electron chi connectivity index (χ1n) is 26.4. The third kappa shape index (κ3) is 11.1. The molecule has 4 aliphatic carbocycles. The number of benzene rings is 3. The number of nitrogens with one attached hydrogen (secondary N) is 1. The van der Waals surface area contributed by atoms with E-state index in [0.717, 1.165) is 72.4 Å². The first kappa shape index (κ1) is 53.0. The highest BCUT2D eigenvalue weighted by Crippen LogP contribution is 2.64. The van der Waals surface area contributed by atoms with Gasteiger partial charge in [0.25, 0.3) is 5.91 Å². The van der Waals surface area contributed by atoms with Crippen LogP contribution in [-0.2, 0) is 35.8 Å². The van der Waals surface area contributed by atoms with Crippen LogP contribution in [0.4, 0.5) is 0 Å². The fraction of sp³-hybridized carbons (Fsp3) is 0.552. The Morgan fingerprint density at radius 1 is 0.833 bits per heavy atom. The Labute approximate surface area is 425 Å². The highest BCUT2D eigenvalue weighted by atomic mass is 32.2. The summed E-state index contributed by atoms with van der Waals surface area (Å²) in [6.45, 7) is 13.0. The zero-order valence-corrected chi connectivity index (χ0v) is 44.0. The molecule has 0 spiro atoms. The van der Waals surface area contributed by atoms with Crippen molar-refractivity contribution in [1.82, 2.24) is 5.32 Å². The van der Waals surface area contributed by atoms with Gasteiger partial charge in [0.05, 0.1) is 53.1 Å². The van der Waals surface area contributed by atoms with Crippen molar-refractivity contribution in [3.8, 4) is 5.75 Å². The van der Waals surface area contributed by atoms with Crippen LogP contribution in [0.5, 0.6) is 5.75 Å². The molecule has 14 heteroatoms. The molecular weight excluding hydrogens is 931 g/mol. The molecule has 0 bridgehead atoms. The topological polar surface area (TPSA) is 177 Å². The number of pyridine rings is 1. The standard InChI is InChI=1S/C58H73N3O10S/c1-7-8-29-60-48-19-11-9-17-42(48)53(43-18-10-12-20-49(43)60)56(66)71-54-38(2)34-40(35-39(54)3)55(65)59-28-15-31-61(6,32-16-33-72(67,68)69)30-14-13-21-52(64)70-50-37-44-45-22-23-51(63)58(45,5)27-25-46(44)57(4)26-24-41(62)36-47(50)57/h9-12,17-20,34-36,44-46,50H,7-8,13-16,21-33,37H2,1-6H3/p+1/t44?,45?,46?,50-,57-,58+,61?/m1/s1. The Bertz CT molecular complexity index is 2830. The zero-order valence-electron chi connectivity index (χ0n) is 43.2. The van der Waals surface area contributed by atoms with Crippen LogP contribution in [0.3, 0.4) is 0 Å². The lowest BCUT2D eigenvalue weighted by Crippen LogP contribution is -2.54. The number of Topliss-reactive ketones (excluding diaryl/α,β-unsaturated/α-hetero) is 1. The molecule has 0 radical (unpaired) electrons. The van der Waals surface area contributed by atoms with Crippen molar-refractivity contribution in [2.45, 2.75) is 137 Å². The summed E-state index contributed by atoms with van der Waals surface area (Å²) in [5.41, 5.74) is 4.48. The number of hydrogen-bond acceptors (Lipinski definition) is 10. The minimum atomic E-state index is -4.40. The Balaban J connectivity index is 0.865. The van der Waals surface area contributed by atoms with Crippen molar-refractivity contribution in [2.75, 3.05) is 39.0 Å². The molecule has 1 N–H and O–H groups in total. The number of ketones is 2. The maximum atomic E-state index is 14.2. The van der Waals surface area contributed by atoms with E-state index in [1.807, 2.05) is 69.4 Å². The van der Waals surface area contributed by atoms with E-state index in [1.165, 1.54) is 0 Å². The molecule has 0 aliphatic heterocycles. The molecule has 386 valence electrons. The van der Waals surface area contributed by atoms with E-state index in [0.29, 0.717) is 109 Å². The third-order valence-corrected chi connectivity index (χ3v) is 18.1. The van der Waals surface area contributed by atoms with E-state index in [9.17, 15) is 36.9 Å². The molecule has 3 aromatic carbocycles. The quantitative estimate of drug-likeness (QED) is 0.0171. The third-order valence-electron chi connectivity index (χ3n) is 17.3. The van der Waals surface area contributed by atoms with Crippen LogP contribution in [0.2, 0.25) is 0 Å². The molecule has 13 nitrogen and oxygen atoms in total. The van der Waals surface area contributed by atoms with E-state index < -0.39 is 27.9 Å². The average Bonchev–Trinajstić information content (AvgIpc) is 3.65. The number of rotatable bonds is 20. The number of aromatic nitrogens is 1. The number of amides is 1. The van der Waals surface area contributed by atoms with E-state index in [1.54, 1.807) is 18.2 Å². The van der Waals surface area contributed by atoms with Crippen LogP contribution in [0, 0.1) is 42.4 Å². The lowest BCUT2D eigenvalue weighted by Gasteiger charge is -2.58. The van der Waals surface area contributed by atoms with E-state index in [4.69, 9.17) is 9.47 Å². The van der Waals surface area contributed by atoms with Crippen molar-refractivity contribution in [3.05, 3.63) is 94.6 Å². The number of aryl methyl sites for hydroxylation is 3. The van der Waals surface area contributed by atoms with Gasteiger partial charge < -0.3 is 23.8 Å². The van der Waals surface area contributed by atoms with E-state index in [2.05, 4.69) is 30.7 Å². The van der Waals surface area contributed by atoms with E-state index >= 15 is 0 Å². The van der Waals surface area contributed by atoms with Crippen molar-refractivity contribution in [3.63, 3.8) is 0 Å². The lowest BCUT2D eigenvalue weighted by molar-refractivity contribution is -0.909. The average molecular weight is 1010 g/mol.